The maximum Gasteiger partial charge on any atom is 0.265 e. The number of amides is 2. The normalized spacial score (nSPS) is 18.3. The molecule has 0 bridgehead atoms. The molecule has 2 aliphatic heterocycles. The fourth-order valence-electron chi connectivity index (χ4n) is 4.26. The Balaban J connectivity index is 1.82. The minimum Gasteiger partial charge on any atom is -0.482 e. The first-order valence-electron chi connectivity index (χ1n) is 10.6. The number of halogens is 3. The Morgan fingerprint density at radius 2 is 1.82 bits per heavy atom. The predicted molar refractivity (Wildman–Crippen MR) is 131 cm³/mol. The zero-order valence-corrected chi connectivity index (χ0v) is 21.1. The smallest absolute Gasteiger partial charge is 0.265 e. The molecule has 2 aromatic rings. The highest BCUT2D eigenvalue weighted by Gasteiger charge is 2.42. The molecule has 2 unspecified atom stereocenters. The van der Waals surface area contributed by atoms with Crippen LogP contribution in [0.5, 0.6) is 5.75 Å². The van der Waals surface area contributed by atoms with Crippen LogP contribution in [0.3, 0.4) is 0 Å². The van der Waals surface area contributed by atoms with E-state index in [1.807, 2.05) is 24.3 Å². The van der Waals surface area contributed by atoms with Gasteiger partial charge in [-0.3, -0.25) is 19.4 Å². The third-order valence-corrected chi connectivity index (χ3v) is 7.16. The summed E-state index contributed by atoms with van der Waals surface area (Å²) in [5.74, 6) is -0.499. The van der Waals surface area contributed by atoms with Gasteiger partial charge in [-0.15, -0.1) is 0 Å². The van der Waals surface area contributed by atoms with Gasteiger partial charge < -0.3 is 14.8 Å². The molecular formula is C23H24BrCl2N3O4. The number of fused-ring (bicyclic) bond motifs is 1. The summed E-state index contributed by atoms with van der Waals surface area (Å²) in [6.07, 6.45) is 0. The Morgan fingerprint density at radius 1 is 1.15 bits per heavy atom. The number of carbonyl (C=O) groups excluding carboxylic acids is 2. The van der Waals surface area contributed by atoms with Crippen molar-refractivity contribution in [3.8, 4) is 5.75 Å². The molecule has 0 aliphatic carbocycles. The highest BCUT2D eigenvalue weighted by Crippen LogP contribution is 2.42. The summed E-state index contributed by atoms with van der Waals surface area (Å²) in [6, 6.07) is 10.2. The Morgan fingerprint density at radius 3 is 2.48 bits per heavy atom. The van der Waals surface area contributed by atoms with Gasteiger partial charge in [-0.2, -0.15) is 0 Å². The molecule has 2 aliphatic rings. The lowest BCUT2D eigenvalue weighted by Crippen LogP contribution is -2.57. The van der Waals surface area contributed by atoms with Gasteiger partial charge in [-0.1, -0.05) is 51.3 Å². The molecule has 1 fully saturated rings. The van der Waals surface area contributed by atoms with Crippen LogP contribution in [-0.2, 0) is 14.3 Å². The first-order valence-corrected chi connectivity index (χ1v) is 12.1. The first-order chi connectivity index (χ1) is 15.9. The van der Waals surface area contributed by atoms with Crippen LogP contribution in [-0.4, -0.2) is 69.3 Å². The van der Waals surface area contributed by atoms with E-state index < -0.39 is 6.04 Å². The molecule has 2 heterocycles. The third-order valence-electron chi connectivity index (χ3n) is 5.91. The molecule has 2 atom stereocenters. The van der Waals surface area contributed by atoms with Crippen molar-refractivity contribution < 1.29 is 19.1 Å². The molecule has 10 heteroatoms. The number of hydrogen-bond donors (Lipinski definition) is 1. The van der Waals surface area contributed by atoms with Gasteiger partial charge in [0.1, 0.15) is 11.8 Å². The molecule has 0 saturated carbocycles. The number of carbonyl (C=O) groups is 2. The SMILES string of the molecule is CNC(=O)C(C(CN1CCOCC1)c1ccc(Br)cc1)N1C(=O)COc2cc(Cl)c(Cl)cc21. The summed E-state index contributed by atoms with van der Waals surface area (Å²) in [7, 11) is 1.57. The largest absolute Gasteiger partial charge is 0.482 e. The lowest BCUT2D eigenvalue weighted by atomic mass is 9.88. The van der Waals surface area contributed by atoms with E-state index in [-0.39, 0.29) is 29.4 Å². The second-order valence-electron chi connectivity index (χ2n) is 7.92. The molecule has 2 amide bonds. The summed E-state index contributed by atoms with van der Waals surface area (Å²) in [5.41, 5.74) is 1.37. The Labute approximate surface area is 211 Å². The van der Waals surface area contributed by atoms with Crippen LogP contribution in [0.4, 0.5) is 5.69 Å². The van der Waals surface area contributed by atoms with Crippen molar-refractivity contribution in [1.29, 1.82) is 0 Å². The van der Waals surface area contributed by atoms with Crippen LogP contribution in [0, 0.1) is 0 Å². The third kappa shape index (κ3) is 5.30. The van der Waals surface area contributed by atoms with E-state index in [1.54, 1.807) is 19.2 Å². The van der Waals surface area contributed by atoms with Gasteiger partial charge in [0, 0.05) is 43.1 Å². The van der Waals surface area contributed by atoms with Gasteiger partial charge in [0.05, 0.1) is 28.9 Å². The fourth-order valence-corrected chi connectivity index (χ4v) is 4.83. The van der Waals surface area contributed by atoms with Crippen LogP contribution in [0.1, 0.15) is 11.5 Å². The number of hydrogen-bond acceptors (Lipinski definition) is 5. The zero-order chi connectivity index (χ0) is 23.5. The standard InChI is InChI=1S/C23H24BrCl2N3O4/c1-27-23(31)22(29-19-10-17(25)18(26)11-20(19)33-13-21(29)30)16(12-28-6-8-32-9-7-28)14-2-4-15(24)5-3-14/h2-5,10-11,16,22H,6-9,12-13H2,1H3,(H,27,31). The van der Waals surface area contributed by atoms with E-state index in [1.165, 1.54) is 4.90 Å². The number of anilines is 1. The van der Waals surface area contributed by atoms with E-state index in [0.29, 0.717) is 36.2 Å². The monoisotopic (exact) mass is 555 g/mol. The quantitative estimate of drug-likeness (QED) is 0.587. The fraction of sp³-hybridized carbons (Fsp3) is 0.391. The van der Waals surface area contributed by atoms with Crippen LogP contribution in [0.2, 0.25) is 10.0 Å². The maximum absolute atomic E-state index is 13.4. The van der Waals surface area contributed by atoms with E-state index in [0.717, 1.165) is 23.1 Å². The molecule has 4 rings (SSSR count). The number of morpholine rings is 1. The second kappa shape index (κ2) is 10.6. The minimum absolute atomic E-state index is 0.191. The highest BCUT2D eigenvalue weighted by molar-refractivity contribution is 9.10. The average Bonchev–Trinajstić information content (AvgIpc) is 2.82. The first kappa shape index (κ1) is 24.3. The van der Waals surface area contributed by atoms with Crippen LogP contribution in [0.15, 0.2) is 40.9 Å². The van der Waals surface area contributed by atoms with Gasteiger partial charge >= 0.3 is 0 Å². The van der Waals surface area contributed by atoms with E-state index in [4.69, 9.17) is 32.7 Å². The van der Waals surface area contributed by atoms with Crippen molar-refractivity contribution in [2.75, 3.05) is 51.4 Å². The summed E-state index contributed by atoms with van der Waals surface area (Å²) in [6.45, 7) is 3.15. The van der Waals surface area contributed by atoms with Crippen LogP contribution in [0.25, 0.3) is 0 Å². The van der Waals surface area contributed by atoms with Crippen molar-refractivity contribution in [1.82, 2.24) is 10.2 Å². The second-order valence-corrected chi connectivity index (χ2v) is 9.65. The van der Waals surface area contributed by atoms with Gasteiger partial charge in [0.2, 0.25) is 5.91 Å². The highest BCUT2D eigenvalue weighted by atomic mass is 79.9. The molecule has 7 nitrogen and oxygen atoms in total. The average molecular weight is 557 g/mol. The summed E-state index contributed by atoms with van der Waals surface area (Å²) in [5, 5.41) is 3.35. The van der Waals surface area contributed by atoms with Gasteiger partial charge in [0.25, 0.3) is 5.91 Å². The Hall–Kier alpha value is -1.84. The molecule has 0 spiro atoms. The number of benzene rings is 2. The molecule has 0 aromatic heterocycles. The van der Waals surface area contributed by atoms with E-state index in [9.17, 15) is 9.59 Å². The lowest BCUT2D eigenvalue weighted by molar-refractivity contribution is -0.128. The van der Waals surface area contributed by atoms with Crippen molar-refractivity contribution in [3.05, 3.63) is 56.5 Å². The molecule has 2 aromatic carbocycles. The van der Waals surface area contributed by atoms with Crippen molar-refractivity contribution >= 4 is 56.6 Å². The molecule has 1 saturated heterocycles. The number of likely N-dealkylation sites (N-methyl/N-ethyl adjacent to an activating group) is 1. The summed E-state index contributed by atoms with van der Waals surface area (Å²) >= 11 is 16.0. The Bertz CT molecular complexity index is 1030. The topological polar surface area (TPSA) is 71.1 Å². The lowest BCUT2D eigenvalue weighted by Gasteiger charge is -2.41. The number of nitrogens with one attached hydrogen (secondary N) is 1. The van der Waals surface area contributed by atoms with Crippen molar-refractivity contribution in [3.63, 3.8) is 0 Å². The van der Waals surface area contributed by atoms with Crippen LogP contribution >= 0.6 is 39.1 Å². The summed E-state index contributed by atoms with van der Waals surface area (Å²) in [4.78, 5) is 30.3. The predicted octanol–water partition coefficient (Wildman–Crippen LogP) is 3.71. The molecule has 1 N–H and O–H groups in total. The van der Waals surface area contributed by atoms with Gasteiger partial charge in [0.15, 0.2) is 6.61 Å². The van der Waals surface area contributed by atoms with Crippen LogP contribution < -0.4 is 15.0 Å². The molecule has 0 radical (unpaired) electrons. The Kier molecular flexibility index (Phi) is 7.81. The minimum atomic E-state index is -0.827. The van der Waals surface area contributed by atoms with E-state index in [2.05, 4.69) is 26.1 Å². The summed E-state index contributed by atoms with van der Waals surface area (Å²) < 4.78 is 12.1. The number of rotatable bonds is 6. The van der Waals surface area contributed by atoms with Gasteiger partial charge in [-0.05, 0) is 23.8 Å². The molecule has 33 heavy (non-hydrogen) atoms. The van der Waals surface area contributed by atoms with Crippen molar-refractivity contribution in [2.24, 2.45) is 0 Å². The zero-order valence-electron chi connectivity index (χ0n) is 18.0. The number of ether oxygens (including phenoxy) is 2. The van der Waals surface area contributed by atoms with Crippen molar-refractivity contribution in [2.45, 2.75) is 12.0 Å². The number of nitrogens with zero attached hydrogens (tertiary/aromatic N) is 2. The molecule has 176 valence electrons. The van der Waals surface area contributed by atoms with E-state index >= 15 is 0 Å². The van der Waals surface area contributed by atoms with Gasteiger partial charge in [-0.25, -0.2) is 0 Å². The maximum atomic E-state index is 13.4. The molecular weight excluding hydrogens is 533 g/mol.